The molecule has 0 saturated carbocycles. The van der Waals surface area contributed by atoms with E-state index in [4.69, 9.17) is 4.98 Å². The third-order valence-corrected chi connectivity index (χ3v) is 5.46. The van der Waals surface area contributed by atoms with Crippen LogP contribution in [0, 0.1) is 18.3 Å². The molecule has 0 aliphatic carbocycles. The average molecular weight is 405 g/mol. The van der Waals surface area contributed by atoms with Crippen molar-refractivity contribution in [3.8, 4) is 6.07 Å². The monoisotopic (exact) mass is 405 g/mol. The number of aromatic nitrogens is 4. The number of imidazole rings is 1. The molecular formula is C24H19N7. The molecule has 0 bridgehead atoms. The van der Waals surface area contributed by atoms with Gasteiger partial charge in [0.1, 0.15) is 11.9 Å². The summed E-state index contributed by atoms with van der Waals surface area (Å²) < 4.78 is 1.99. The lowest BCUT2D eigenvalue weighted by Gasteiger charge is -2.15. The van der Waals surface area contributed by atoms with Crippen LogP contribution in [0.5, 0.6) is 0 Å². The van der Waals surface area contributed by atoms with Crippen LogP contribution in [0.15, 0.2) is 60.0 Å². The highest BCUT2D eigenvalue weighted by Crippen LogP contribution is 2.31. The Balaban J connectivity index is 1.64. The van der Waals surface area contributed by atoms with Crippen molar-refractivity contribution in [2.24, 2.45) is 5.10 Å². The molecule has 3 heterocycles. The van der Waals surface area contributed by atoms with Crippen LogP contribution >= 0.6 is 0 Å². The molecule has 3 aromatic heterocycles. The van der Waals surface area contributed by atoms with Gasteiger partial charge in [-0.15, -0.1) is 0 Å². The lowest BCUT2D eigenvalue weighted by Crippen LogP contribution is -2.07. The molecule has 0 aliphatic rings. The number of anilines is 1. The van der Waals surface area contributed by atoms with Crippen LogP contribution in [-0.2, 0) is 6.42 Å². The molecule has 0 amide bonds. The molecule has 0 spiro atoms. The van der Waals surface area contributed by atoms with E-state index in [0.29, 0.717) is 11.2 Å². The largest absolute Gasteiger partial charge is 0.276 e. The Bertz CT molecular complexity index is 1520. The number of fused-ring (bicyclic) bond motifs is 4. The summed E-state index contributed by atoms with van der Waals surface area (Å²) in [5.74, 6) is 0.819. The van der Waals surface area contributed by atoms with E-state index in [-0.39, 0.29) is 0 Å². The van der Waals surface area contributed by atoms with E-state index in [1.54, 1.807) is 18.6 Å². The molecule has 2 aromatic carbocycles. The molecule has 1 N–H and O–H groups in total. The highest BCUT2D eigenvalue weighted by Gasteiger charge is 2.19. The summed E-state index contributed by atoms with van der Waals surface area (Å²) in [5, 5.41) is 14.3. The number of nitrogens with zero attached hydrogens (tertiary/aromatic N) is 6. The smallest absolute Gasteiger partial charge is 0.157 e. The Morgan fingerprint density at radius 3 is 2.71 bits per heavy atom. The van der Waals surface area contributed by atoms with Gasteiger partial charge in [-0.05, 0) is 54.3 Å². The van der Waals surface area contributed by atoms with Gasteiger partial charge in [0.25, 0.3) is 0 Å². The van der Waals surface area contributed by atoms with Crippen molar-refractivity contribution < 1.29 is 0 Å². The number of hydrogen-bond donors (Lipinski definition) is 1. The molecule has 0 fully saturated rings. The summed E-state index contributed by atoms with van der Waals surface area (Å²) in [6, 6.07) is 16.0. The van der Waals surface area contributed by atoms with Crippen molar-refractivity contribution in [2.75, 3.05) is 5.43 Å². The summed E-state index contributed by atoms with van der Waals surface area (Å²) in [7, 11) is 0. The molecular weight excluding hydrogens is 386 g/mol. The summed E-state index contributed by atoms with van der Waals surface area (Å²) in [6.07, 6.45) is 5.87. The highest BCUT2D eigenvalue weighted by atomic mass is 15.3. The number of nitrogens with one attached hydrogen (secondary N) is 1. The fourth-order valence-electron chi connectivity index (χ4n) is 3.96. The maximum absolute atomic E-state index is 9.80. The van der Waals surface area contributed by atoms with Gasteiger partial charge in [0.05, 0.1) is 33.8 Å². The lowest BCUT2D eigenvalue weighted by molar-refractivity contribution is 1.04. The van der Waals surface area contributed by atoms with Crippen LogP contribution in [-0.4, -0.2) is 25.6 Å². The van der Waals surface area contributed by atoms with Crippen LogP contribution in [0.4, 0.5) is 5.82 Å². The molecule has 5 aromatic rings. The Morgan fingerprint density at radius 1 is 1.10 bits per heavy atom. The van der Waals surface area contributed by atoms with E-state index in [1.165, 1.54) is 0 Å². The first-order valence-corrected chi connectivity index (χ1v) is 10.0. The molecule has 31 heavy (non-hydrogen) atoms. The van der Waals surface area contributed by atoms with Gasteiger partial charge in [-0.25, -0.2) is 4.98 Å². The maximum atomic E-state index is 9.80. The quantitative estimate of drug-likeness (QED) is 0.348. The minimum absolute atomic E-state index is 0.593. The van der Waals surface area contributed by atoms with E-state index in [0.717, 1.165) is 51.0 Å². The van der Waals surface area contributed by atoms with Crippen LogP contribution < -0.4 is 5.43 Å². The van der Waals surface area contributed by atoms with E-state index < -0.39 is 0 Å². The van der Waals surface area contributed by atoms with Crippen molar-refractivity contribution in [3.63, 3.8) is 0 Å². The van der Waals surface area contributed by atoms with Gasteiger partial charge in [0, 0.05) is 12.4 Å². The second-order valence-electron chi connectivity index (χ2n) is 7.23. The molecule has 150 valence electrons. The predicted octanol–water partition coefficient (Wildman–Crippen LogP) is 4.62. The van der Waals surface area contributed by atoms with Crippen molar-refractivity contribution >= 4 is 39.7 Å². The fourth-order valence-corrected chi connectivity index (χ4v) is 3.96. The molecule has 0 unspecified atom stereocenters. The van der Waals surface area contributed by atoms with Gasteiger partial charge in [0.2, 0.25) is 0 Å². The highest BCUT2D eigenvalue weighted by molar-refractivity contribution is 5.88. The second-order valence-corrected chi connectivity index (χ2v) is 7.23. The first-order chi connectivity index (χ1) is 15.2. The van der Waals surface area contributed by atoms with Crippen molar-refractivity contribution in [3.05, 3.63) is 77.1 Å². The number of rotatable bonds is 4. The first-order valence-electron chi connectivity index (χ1n) is 10.0. The molecule has 0 atom stereocenters. The fraction of sp³-hybridized carbons (Fsp3) is 0.125. The van der Waals surface area contributed by atoms with Crippen LogP contribution in [0.2, 0.25) is 0 Å². The second kappa shape index (κ2) is 7.50. The predicted molar refractivity (Wildman–Crippen MR) is 122 cm³/mol. The zero-order valence-corrected chi connectivity index (χ0v) is 17.2. The van der Waals surface area contributed by atoms with Gasteiger partial charge in [-0.3, -0.25) is 19.8 Å². The number of hydrazone groups is 1. The van der Waals surface area contributed by atoms with E-state index >= 15 is 0 Å². The normalized spacial score (nSPS) is 11.5. The van der Waals surface area contributed by atoms with Crippen LogP contribution in [0.1, 0.15) is 29.2 Å². The molecule has 0 radical (unpaired) electrons. The third kappa shape index (κ3) is 3.06. The minimum Gasteiger partial charge on any atom is -0.276 e. The van der Waals surface area contributed by atoms with E-state index in [9.17, 15) is 5.26 Å². The number of hydrogen-bond acceptors (Lipinski definition) is 6. The Morgan fingerprint density at radius 2 is 1.90 bits per heavy atom. The van der Waals surface area contributed by atoms with Gasteiger partial charge in [-0.1, -0.05) is 25.1 Å². The number of para-hydroxylation sites is 2. The molecule has 5 rings (SSSR count). The first kappa shape index (κ1) is 18.7. The average Bonchev–Trinajstić information content (AvgIpc) is 3.18. The summed E-state index contributed by atoms with van der Waals surface area (Å²) in [5.41, 5.74) is 10.8. The van der Waals surface area contributed by atoms with Gasteiger partial charge >= 0.3 is 0 Å². The Labute approximate surface area is 178 Å². The Kier molecular flexibility index (Phi) is 4.53. The standard InChI is InChI=1S/C24H19N7/c1-3-17-15(2)18(13-25)23-29-20-6-4-5-7-22(20)31(23)24(17)30-28-14-16-8-9-19-21(12-16)27-11-10-26-19/h4-12,14,30H,3H2,1-2H3/b28-14-. The zero-order chi connectivity index (χ0) is 21.4. The number of benzene rings is 2. The molecule has 7 heteroatoms. The lowest BCUT2D eigenvalue weighted by atomic mass is 10.0. The summed E-state index contributed by atoms with van der Waals surface area (Å²) in [4.78, 5) is 13.4. The van der Waals surface area contributed by atoms with Crippen LogP contribution in [0.3, 0.4) is 0 Å². The van der Waals surface area contributed by atoms with Crippen molar-refractivity contribution in [2.45, 2.75) is 20.3 Å². The maximum Gasteiger partial charge on any atom is 0.157 e. The van der Waals surface area contributed by atoms with E-state index in [2.05, 4.69) is 33.5 Å². The molecule has 0 aliphatic heterocycles. The SMILES string of the molecule is CCc1c(C)c(C#N)c2nc3ccccc3n2c1N/N=C\c1ccc2nccnc2c1. The molecule has 7 nitrogen and oxygen atoms in total. The summed E-state index contributed by atoms with van der Waals surface area (Å²) in [6.45, 7) is 4.04. The topological polar surface area (TPSA) is 91.3 Å². The summed E-state index contributed by atoms with van der Waals surface area (Å²) >= 11 is 0. The van der Waals surface area contributed by atoms with Gasteiger partial charge in [-0.2, -0.15) is 10.4 Å². The zero-order valence-electron chi connectivity index (χ0n) is 17.2. The minimum atomic E-state index is 0.593. The number of nitriles is 1. The van der Waals surface area contributed by atoms with Gasteiger partial charge < -0.3 is 0 Å². The Hall–Kier alpha value is -4.31. The van der Waals surface area contributed by atoms with Gasteiger partial charge in [0.15, 0.2) is 5.65 Å². The number of pyridine rings is 1. The third-order valence-electron chi connectivity index (χ3n) is 5.46. The molecule has 0 saturated heterocycles. The van der Waals surface area contributed by atoms with Crippen LogP contribution in [0.25, 0.3) is 27.7 Å². The van der Waals surface area contributed by atoms with Crippen molar-refractivity contribution in [1.82, 2.24) is 19.4 Å². The van der Waals surface area contributed by atoms with Crippen molar-refractivity contribution in [1.29, 1.82) is 5.26 Å². The van der Waals surface area contributed by atoms with E-state index in [1.807, 2.05) is 53.8 Å².